The van der Waals surface area contributed by atoms with Gasteiger partial charge in [-0.2, -0.15) is 35.9 Å². The van der Waals surface area contributed by atoms with Gasteiger partial charge >= 0.3 is 23.1 Å². The summed E-state index contributed by atoms with van der Waals surface area (Å²) in [6, 6.07) is 11.1. The maximum Gasteiger partial charge on any atom is 2.00 e. The van der Waals surface area contributed by atoms with Crippen LogP contribution in [0.1, 0.15) is 12.5 Å². The van der Waals surface area contributed by atoms with Gasteiger partial charge < -0.3 is 12.4 Å². The van der Waals surface area contributed by atoms with E-state index in [2.05, 4.69) is 19.1 Å². The molecule has 0 aliphatic carbocycles. The van der Waals surface area contributed by atoms with Gasteiger partial charge in [-0.3, -0.25) is 0 Å². The molecule has 0 atom stereocenters. The fraction of sp³-hybridized carbons (Fsp3) is 0.250. The Morgan fingerprint density at radius 1 is 1.50 bits per heavy atom. The van der Waals surface area contributed by atoms with Crippen LogP contribution in [-0.2, 0) is 6.42 Å². The molecule has 10 heavy (non-hydrogen) atoms. The number of hydrogen-bond acceptors (Lipinski definition) is 0. The third-order valence-electron chi connectivity index (χ3n) is 1.18. The molecule has 0 saturated carbocycles. The summed E-state index contributed by atoms with van der Waals surface area (Å²) in [6.07, 6.45) is 1.11. The summed E-state index contributed by atoms with van der Waals surface area (Å²) < 4.78 is 0. The number of rotatable bonds is 1. The Labute approximate surface area is 84.6 Å². The van der Waals surface area contributed by atoms with Gasteiger partial charge in [-0.1, -0.05) is 13.3 Å². The molecule has 1 rings (SSSR count). The van der Waals surface area contributed by atoms with Crippen molar-refractivity contribution >= 4 is 23.1 Å². The average Bonchev–Trinajstić information content (AvgIpc) is 1.90. The van der Waals surface area contributed by atoms with E-state index in [0.29, 0.717) is 0 Å². The molecule has 0 amide bonds. The molecule has 0 spiro atoms. The molecular formula is C8H9ClMg. The van der Waals surface area contributed by atoms with Crippen LogP contribution >= 0.6 is 0 Å². The zero-order valence-corrected chi connectivity index (χ0v) is 8.27. The van der Waals surface area contributed by atoms with Gasteiger partial charge in [-0.25, -0.2) is 0 Å². The predicted octanol–water partition coefficient (Wildman–Crippen LogP) is -1.33. The maximum absolute atomic E-state index is 3.01. The van der Waals surface area contributed by atoms with Gasteiger partial charge in [0.15, 0.2) is 0 Å². The quantitative estimate of drug-likeness (QED) is 0.357. The third-order valence-corrected chi connectivity index (χ3v) is 1.18. The normalized spacial score (nSPS) is 7.30. The van der Waals surface area contributed by atoms with Crippen molar-refractivity contribution in [2.24, 2.45) is 0 Å². The fourth-order valence-electron chi connectivity index (χ4n) is 0.650. The van der Waals surface area contributed by atoms with E-state index in [1.54, 1.807) is 0 Å². The molecular weight excluding hydrogens is 156 g/mol. The van der Waals surface area contributed by atoms with Crippen molar-refractivity contribution in [1.29, 1.82) is 0 Å². The Balaban J connectivity index is 0. The van der Waals surface area contributed by atoms with Crippen LogP contribution in [0.3, 0.4) is 0 Å². The number of benzene rings is 1. The van der Waals surface area contributed by atoms with E-state index in [1.165, 1.54) is 5.56 Å². The molecule has 0 radical (unpaired) electrons. The Kier molecular flexibility index (Phi) is 9.53. The van der Waals surface area contributed by atoms with Crippen molar-refractivity contribution in [3.63, 3.8) is 0 Å². The topological polar surface area (TPSA) is 0 Å². The first-order valence-electron chi connectivity index (χ1n) is 2.88. The maximum atomic E-state index is 3.01. The molecule has 2 heteroatoms. The zero-order chi connectivity index (χ0) is 5.82. The average molecular weight is 165 g/mol. The van der Waals surface area contributed by atoms with Crippen molar-refractivity contribution in [2.75, 3.05) is 0 Å². The third kappa shape index (κ3) is 4.15. The van der Waals surface area contributed by atoms with E-state index >= 15 is 0 Å². The zero-order valence-electron chi connectivity index (χ0n) is 6.10. The van der Waals surface area contributed by atoms with Crippen molar-refractivity contribution in [1.82, 2.24) is 0 Å². The second-order valence-corrected chi connectivity index (χ2v) is 1.77. The van der Waals surface area contributed by atoms with Crippen molar-refractivity contribution < 1.29 is 12.4 Å². The molecule has 0 heterocycles. The summed E-state index contributed by atoms with van der Waals surface area (Å²) in [5, 5.41) is 0. The number of halogens is 1. The van der Waals surface area contributed by atoms with Crippen LogP contribution in [0.2, 0.25) is 0 Å². The smallest absolute Gasteiger partial charge is 1.00 e. The summed E-state index contributed by atoms with van der Waals surface area (Å²) in [4.78, 5) is 0. The Morgan fingerprint density at radius 2 is 2.20 bits per heavy atom. The van der Waals surface area contributed by atoms with Gasteiger partial charge in [-0.05, 0) is 0 Å². The molecule has 0 fully saturated rings. The SMILES string of the molecule is CCc1c[c-]ccc1.[Cl-].[Mg+2]. The Hall–Kier alpha value is 0.276. The standard InChI is InChI=1S/C8H9.ClH.Mg/c1-2-8-6-4-3-5-7-8;;/h3-4,6-7H,2H2,1H3;1H;/q-1;;+2/p-1. The van der Waals surface area contributed by atoms with Gasteiger partial charge in [0.2, 0.25) is 0 Å². The van der Waals surface area contributed by atoms with Crippen molar-refractivity contribution in [2.45, 2.75) is 13.3 Å². The molecule has 1 aromatic rings. The second-order valence-electron chi connectivity index (χ2n) is 1.77. The summed E-state index contributed by atoms with van der Waals surface area (Å²) in [5.74, 6) is 0. The van der Waals surface area contributed by atoms with E-state index in [1.807, 2.05) is 18.2 Å². The summed E-state index contributed by atoms with van der Waals surface area (Å²) >= 11 is 0. The molecule has 0 saturated heterocycles. The van der Waals surface area contributed by atoms with E-state index < -0.39 is 0 Å². The molecule has 0 aliphatic rings. The van der Waals surface area contributed by atoms with Crippen LogP contribution in [-0.4, -0.2) is 23.1 Å². The first kappa shape index (κ1) is 12.9. The van der Waals surface area contributed by atoms with Gasteiger partial charge in [0.1, 0.15) is 0 Å². The van der Waals surface area contributed by atoms with Crippen LogP contribution in [0.25, 0.3) is 0 Å². The molecule has 0 aromatic heterocycles. The second kappa shape index (κ2) is 7.38. The van der Waals surface area contributed by atoms with E-state index in [4.69, 9.17) is 0 Å². The van der Waals surface area contributed by atoms with Crippen LogP contribution in [0.5, 0.6) is 0 Å². The van der Waals surface area contributed by atoms with Crippen LogP contribution < -0.4 is 12.4 Å². The monoisotopic (exact) mass is 164 g/mol. The van der Waals surface area contributed by atoms with Gasteiger partial charge in [0.25, 0.3) is 0 Å². The minimum atomic E-state index is 0. The summed E-state index contributed by atoms with van der Waals surface area (Å²) in [5.41, 5.74) is 1.35. The molecule has 1 aromatic carbocycles. The molecule has 0 N–H and O–H groups in total. The Morgan fingerprint density at radius 3 is 2.50 bits per heavy atom. The predicted molar refractivity (Wildman–Crippen MR) is 40.4 cm³/mol. The molecule has 0 aliphatic heterocycles. The molecule has 50 valence electrons. The number of hydrogen-bond donors (Lipinski definition) is 0. The van der Waals surface area contributed by atoms with Crippen LogP contribution in [0.15, 0.2) is 24.3 Å². The molecule has 0 unspecified atom stereocenters. The van der Waals surface area contributed by atoms with Gasteiger partial charge in [0, 0.05) is 0 Å². The largest absolute Gasteiger partial charge is 2.00 e. The number of aryl methyl sites for hydroxylation is 1. The Bertz CT molecular complexity index is 151. The fourth-order valence-corrected chi connectivity index (χ4v) is 0.650. The van der Waals surface area contributed by atoms with Crippen molar-refractivity contribution in [3.05, 3.63) is 35.9 Å². The van der Waals surface area contributed by atoms with E-state index in [-0.39, 0.29) is 35.5 Å². The van der Waals surface area contributed by atoms with Crippen LogP contribution in [0.4, 0.5) is 0 Å². The van der Waals surface area contributed by atoms with Gasteiger partial charge in [0.05, 0.1) is 0 Å². The van der Waals surface area contributed by atoms with E-state index in [0.717, 1.165) is 6.42 Å². The minimum absolute atomic E-state index is 0. The van der Waals surface area contributed by atoms with Crippen molar-refractivity contribution in [3.8, 4) is 0 Å². The first-order valence-corrected chi connectivity index (χ1v) is 2.88. The van der Waals surface area contributed by atoms with Crippen LogP contribution in [0, 0.1) is 6.07 Å². The summed E-state index contributed by atoms with van der Waals surface area (Å²) in [6.45, 7) is 2.14. The van der Waals surface area contributed by atoms with Gasteiger partial charge in [-0.15, -0.1) is 0 Å². The summed E-state index contributed by atoms with van der Waals surface area (Å²) in [7, 11) is 0. The van der Waals surface area contributed by atoms with E-state index in [9.17, 15) is 0 Å². The molecule has 0 bridgehead atoms. The molecule has 0 nitrogen and oxygen atoms in total. The first-order chi connectivity index (χ1) is 3.93. The minimum Gasteiger partial charge on any atom is -1.00 e.